The average Bonchev–Trinajstić information content (AvgIpc) is 2.95. The molecule has 0 heterocycles. The number of rotatable bonds is 6. The molecule has 1 saturated carbocycles. The quantitative estimate of drug-likeness (QED) is 0.557. The normalized spacial score (nSPS) is 19.1. The molecule has 0 aromatic rings. The van der Waals surface area contributed by atoms with Gasteiger partial charge in [-0.05, 0) is 26.7 Å². The summed E-state index contributed by atoms with van der Waals surface area (Å²) >= 11 is 0. The Labute approximate surface area is 104 Å². The van der Waals surface area contributed by atoms with Crippen molar-refractivity contribution >= 4 is 15.8 Å². The molecule has 0 atom stereocenters. The van der Waals surface area contributed by atoms with Gasteiger partial charge >= 0.3 is 0 Å². The maximum absolute atomic E-state index is 11.3. The molecule has 0 bridgehead atoms. The van der Waals surface area contributed by atoms with Crippen LogP contribution in [0.4, 0.5) is 0 Å². The van der Waals surface area contributed by atoms with Gasteiger partial charge in [0.1, 0.15) is 9.84 Å². The number of hydrogen-bond donors (Lipinski definition) is 1. The van der Waals surface area contributed by atoms with Gasteiger partial charge in [0.2, 0.25) is 0 Å². The molecule has 1 rings (SSSR count). The van der Waals surface area contributed by atoms with Crippen LogP contribution in [0, 0.1) is 5.41 Å². The van der Waals surface area contributed by atoms with E-state index in [-0.39, 0.29) is 11.2 Å². The minimum atomic E-state index is -2.92. The molecular weight excluding hydrogens is 238 g/mol. The van der Waals surface area contributed by atoms with E-state index < -0.39 is 9.84 Å². The highest BCUT2D eigenvalue weighted by molar-refractivity contribution is 7.90. The Balaban J connectivity index is 2.58. The fourth-order valence-electron chi connectivity index (χ4n) is 1.98. The summed E-state index contributed by atoms with van der Waals surface area (Å²) in [6, 6.07) is 0. The lowest BCUT2D eigenvalue weighted by Crippen LogP contribution is -2.37. The SMILES string of the molecule is CCN(CC)C(N)=NCC1(CS(C)(=O)=O)CC1. The number of sulfone groups is 1. The van der Waals surface area contributed by atoms with E-state index in [2.05, 4.69) is 4.99 Å². The molecule has 0 aromatic heterocycles. The van der Waals surface area contributed by atoms with Crippen LogP contribution >= 0.6 is 0 Å². The van der Waals surface area contributed by atoms with Crippen molar-refractivity contribution in [2.75, 3.05) is 31.6 Å². The molecule has 1 aliphatic rings. The molecule has 6 heteroatoms. The van der Waals surface area contributed by atoms with Crippen molar-refractivity contribution in [2.45, 2.75) is 26.7 Å². The largest absolute Gasteiger partial charge is 0.370 e. The van der Waals surface area contributed by atoms with Crippen LogP contribution in [0.2, 0.25) is 0 Å². The highest BCUT2D eigenvalue weighted by Gasteiger charge is 2.45. The average molecular weight is 261 g/mol. The van der Waals surface area contributed by atoms with Gasteiger partial charge in [0.05, 0.1) is 5.75 Å². The Morgan fingerprint density at radius 3 is 2.24 bits per heavy atom. The van der Waals surface area contributed by atoms with Crippen molar-refractivity contribution in [3.8, 4) is 0 Å². The summed E-state index contributed by atoms with van der Waals surface area (Å²) in [6.07, 6.45) is 3.16. The zero-order chi connectivity index (χ0) is 13.1. The minimum Gasteiger partial charge on any atom is -0.370 e. The summed E-state index contributed by atoms with van der Waals surface area (Å²) in [5.74, 6) is 0.754. The van der Waals surface area contributed by atoms with Gasteiger partial charge in [-0.3, -0.25) is 4.99 Å². The van der Waals surface area contributed by atoms with Crippen LogP contribution < -0.4 is 5.73 Å². The summed E-state index contributed by atoms with van der Waals surface area (Å²) in [5, 5.41) is 0. The first kappa shape index (κ1) is 14.3. The zero-order valence-corrected chi connectivity index (χ0v) is 11.8. The first-order valence-electron chi connectivity index (χ1n) is 6.04. The van der Waals surface area contributed by atoms with E-state index in [4.69, 9.17) is 5.73 Å². The molecule has 0 spiro atoms. The van der Waals surface area contributed by atoms with Crippen molar-refractivity contribution in [3.63, 3.8) is 0 Å². The minimum absolute atomic E-state index is 0.134. The third-order valence-electron chi connectivity index (χ3n) is 3.19. The number of nitrogens with two attached hydrogens (primary N) is 1. The van der Waals surface area contributed by atoms with Crippen LogP contribution in [0.25, 0.3) is 0 Å². The molecule has 0 aromatic carbocycles. The molecule has 1 aliphatic carbocycles. The van der Waals surface area contributed by atoms with Crippen LogP contribution in [0.5, 0.6) is 0 Å². The van der Waals surface area contributed by atoms with Crippen molar-refractivity contribution in [2.24, 2.45) is 16.1 Å². The second kappa shape index (κ2) is 5.25. The highest BCUT2D eigenvalue weighted by Crippen LogP contribution is 2.46. The van der Waals surface area contributed by atoms with Crippen molar-refractivity contribution in [1.82, 2.24) is 4.90 Å². The van der Waals surface area contributed by atoms with Crippen molar-refractivity contribution in [1.29, 1.82) is 0 Å². The lowest BCUT2D eigenvalue weighted by atomic mass is 10.1. The number of guanidine groups is 1. The zero-order valence-electron chi connectivity index (χ0n) is 10.9. The van der Waals surface area contributed by atoms with E-state index >= 15 is 0 Å². The predicted molar refractivity (Wildman–Crippen MR) is 70.8 cm³/mol. The standard InChI is InChI=1S/C11H23N3O2S/c1-4-14(5-2)10(12)13-8-11(6-7-11)9-17(3,15)16/h4-9H2,1-3H3,(H2,12,13). The molecule has 0 unspecified atom stereocenters. The second-order valence-corrected chi connectivity index (χ2v) is 7.06. The van der Waals surface area contributed by atoms with Gasteiger partial charge < -0.3 is 10.6 Å². The fourth-order valence-corrected chi connectivity index (χ4v) is 3.47. The molecule has 0 radical (unpaired) electrons. The fraction of sp³-hybridized carbons (Fsp3) is 0.909. The molecule has 0 saturated heterocycles. The maximum Gasteiger partial charge on any atom is 0.191 e. The van der Waals surface area contributed by atoms with Gasteiger partial charge in [-0.1, -0.05) is 0 Å². The third-order valence-corrected chi connectivity index (χ3v) is 4.33. The van der Waals surface area contributed by atoms with E-state index in [1.54, 1.807) is 0 Å². The van der Waals surface area contributed by atoms with Gasteiger partial charge in [0, 0.05) is 31.3 Å². The molecule has 100 valence electrons. The molecule has 2 N–H and O–H groups in total. The van der Waals surface area contributed by atoms with Gasteiger partial charge in [0.15, 0.2) is 5.96 Å². The summed E-state index contributed by atoms with van der Waals surface area (Å²) in [4.78, 5) is 6.31. The number of hydrogen-bond acceptors (Lipinski definition) is 3. The van der Waals surface area contributed by atoms with Gasteiger partial charge in [-0.25, -0.2) is 8.42 Å². The smallest absolute Gasteiger partial charge is 0.191 e. The monoisotopic (exact) mass is 261 g/mol. The summed E-state index contributed by atoms with van der Waals surface area (Å²) in [5.41, 5.74) is 5.73. The van der Waals surface area contributed by atoms with Crippen molar-refractivity contribution in [3.05, 3.63) is 0 Å². The Morgan fingerprint density at radius 1 is 1.35 bits per heavy atom. The van der Waals surface area contributed by atoms with Crippen LogP contribution in [0.1, 0.15) is 26.7 Å². The molecule has 5 nitrogen and oxygen atoms in total. The molecule has 1 fully saturated rings. The number of nitrogens with zero attached hydrogens (tertiary/aromatic N) is 2. The maximum atomic E-state index is 11.3. The van der Waals surface area contributed by atoms with E-state index in [0.29, 0.717) is 12.5 Å². The molecule has 17 heavy (non-hydrogen) atoms. The molecule has 0 aliphatic heterocycles. The van der Waals surface area contributed by atoms with Crippen LogP contribution in [-0.2, 0) is 9.84 Å². The highest BCUT2D eigenvalue weighted by atomic mass is 32.2. The van der Waals surface area contributed by atoms with Gasteiger partial charge in [0.25, 0.3) is 0 Å². The van der Waals surface area contributed by atoms with E-state index in [1.165, 1.54) is 6.26 Å². The lowest BCUT2D eigenvalue weighted by Gasteiger charge is -2.20. The van der Waals surface area contributed by atoms with Crippen LogP contribution in [0.3, 0.4) is 0 Å². The van der Waals surface area contributed by atoms with E-state index in [1.807, 2.05) is 18.7 Å². The second-order valence-electron chi connectivity index (χ2n) is 4.92. The van der Waals surface area contributed by atoms with Crippen molar-refractivity contribution < 1.29 is 8.42 Å². The van der Waals surface area contributed by atoms with E-state index in [9.17, 15) is 8.42 Å². The molecule has 0 amide bonds. The Hall–Kier alpha value is -0.780. The van der Waals surface area contributed by atoms with Gasteiger partial charge in [-0.15, -0.1) is 0 Å². The Morgan fingerprint density at radius 2 is 1.88 bits per heavy atom. The summed E-state index contributed by atoms with van der Waals surface area (Å²) < 4.78 is 22.6. The van der Waals surface area contributed by atoms with Crippen LogP contribution in [0.15, 0.2) is 4.99 Å². The predicted octanol–water partition coefficient (Wildman–Crippen LogP) is 0.468. The summed E-state index contributed by atoms with van der Waals surface area (Å²) in [6.45, 7) is 6.22. The lowest BCUT2D eigenvalue weighted by molar-refractivity contribution is 0.453. The van der Waals surface area contributed by atoms with Gasteiger partial charge in [-0.2, -0.15) is 0 Å². The third kappa shape index (κ3) is 4.53. The summed E-state index contributed by atoms with van der Waals surface area (Å²) in [7, 11) is -2.92. The first-order chi connectivity index (χ1) is 7.82. The van der Waals surface area contributed by atoms with E-state index in [0.717, 1.165) is 25.9 Å². The Kier molecular flexibility index (Phi) is 4.41. The molecular formula is C11H23N3O2S. The number of aliphatic imine (C=N–C) groups is 1. The topological polar surface area (TPSA) is 75.8 Å². The van der Waals surface area contributed by atoms with Crippen LogP contribution in [-0.4, -0.2) is 50.9 Å². The first-order valence-corrected chi connectivity index (χ1v) is 8.10. The Bertz CT molecular complexity index is 382.